The van der Waals surface area contributed by atoms with Crippen LogP contribution in [0.5, 0.6) is 5.75 Å². The fourth-order valence-electron chi connectivity index (χ4n) is 1.04. The lowest BCUT2D eigenvalue weighted by Gasteiger charge is -2.07. The number of nitrogens with two attached hydrogens (primary N) is 1. The molecule has 78 valence electrons. The molecule has 0 spiro atoms. The summed E-state index contributed by atoms with van der Waals surface area (Å²) in [7, 11) is 0. The molecule has 0 atom stereocenters. The molecule has 2 nitrogen and oxygen atoms in total. The van der Waals surface area contributed by atoms with E-state index in [1.54, 1.807) is 12.1 Å². The van der Waals surface area contributed by atoms with E-state index in [0.29, 0.717) is 18.2 Å². The zero-order chi connectivity index (χ0) is 10.4. The van der Waals surface area contributed by atoms with Gasteiger partial charge in [0.15, 0.2) is 11.6 Å². The molecule has 0 fully saturated rings. The summed E-state index contributed by atoms with van der Waals surface area (Å²) in [6, 6.07) is 4.47. The van der Waals surface area contributed by atoms with Gasteiger partial charge < -0.3 is 10.5 Å². The summed E-state index contributed by atoms with van der Waals surface area (Å²) in [6.45, 7) is 1.06. The van der Waals surface area contributed by atoms with E-state index < -0.39 is 5.82 Å². The Kier molecular flexibility index (Phi) is 4.70. The lowest BCUT2D eigenvalue weighted by molar-refractivity contribution is 0.293. The highest BCUT2D eigenvalue weighted by Crippen LogP contribution is 2.27. The van der Waals surface area contributed by atoms with E-state index in [0.717, 1.165) is 12.8 Å². The average molecular weight is 218 g/mol. The van der Waals surface area contributed by atoms with Crippen LogP contribution in [0.15, 0.2) is 18.2 Å². The van der Waals surface area contributed by atoms with Crippen molar-refractivity contribution in [3.8, 4) is 5.75 Å². The third-order valence-electron chi connectivity index (χ3n) is 1.76. The Bertz CT molecular complexity index is 273. The predicted molar refractivity (Wildman–Crippen MR) is 55.2 cm³/mol. The van der Waals surface area contributed by atoms with Crippen molar-refractivity contribution in [2.75, 3.05) is 13.2 Å². The van der Waals surface area contributed by atoms with Gasteiger partial charge in [-0.1, -0.05) is 17.7 Å². The van der Waals surface area contributed by atoms with Crippen LogP contribution in [-0.2, 0) is 0 Å². The number of benzene rings is 1. The van der Waals surface area contributed by atoms with Gasteiger partial charge in [0.1, 0.15) is 0 Å². The van der Waals surface area contributed by atoms with Gasteiger partial charge in [-0.15, -0.1) is 0 Å². The first kappa shape index (κ1) is 11.3. The van der Waals surface area contributed by atoms with Gasteiger partial charge in [0.25, 0.3) is 0 Å². The Morgan fingerprint density at radius 1 is 1.36 bits per heavy atom. The SMILES string of the molecule is NCCCCOc1c(F)cccc1Cl. The normalized spacial score (nSPS) is 10.2. The Hall–Kier alpha value is -0.800. The minimum absolute atomic E-state index is 0.131. The summed E-state index contributed by atoms with van der Waals surface area (Å²) >= 11 is 5.75. The van der Waals surface area contributed by atoms with Gasteiger partial charge in [0.2, 0.25) is 0 Å². The second-order valence-electron chi connectivity index (χ2n) is 2.90. The maximum Gasteiger partial charge on any atom is 0.173 e. The second-order valence-corrected chi connectivity index (χ2v) is 3.30. The van der Waals surface area contributed by atoms with Crippen molar-refractivity contribution in [3.05, 3.63) is 29.0 Å². The van der Waals surface area contributed by atoms with Crippen LogP contribution in [0.1, 0.15) is 12.8 Å². The van der Waals surface area contributed by atoms with Crippen LogP contribution >= 0.6 is 11.6 Å². The molecule has 1 rings (SSSR count). The Labute approximate surface area is 87.8 Å². The lowest BCUT2D eigenvalue weighted by atomic mass is 10.3. The topological polar surface area (TPSA) is 35.2 Å². The van der Waals surface area contributed by atoms with E-state index in [2.05, 4.69) is 0 Å². The summed E-state index contributed by atoms with van der Waals surface area (Å²) in [4.78, 5) is 0. The van der Waals surface area contributed by atoms with Crippen LogP contribution in [0.25, 0.3) is 0 Å². The van der Waals surface area contributed by atoms with Crippen LogP contribution in [0.4, 0.5) is 4.39 Å². The van der Waals surface area contributed by atoms with E-state index in [-0.39, 0.29) is 5.75 Å². The van der Waals surface area contributed by atoms with Crippen LogP contribution in [-0.4, -0.2) is 13.2 Å². The third kappa shape index (κ3) is 3.16. The summed E-state index contributed by atoms with van der Waals surface area (Å²) in [5.41, 5.74) is 5.31. The molecule has 4 heteroatoms. The van der Waals surface area contributed by atoms with Crippen molar-refractivity contribution in [2.45, 2.75) is 12.8 Å². The highest BCUT2D eigenvalue weighted by molar-refractivity contribution is 6.32. The van der Waals surface area contributed by atoms with Crippen molar-refractivity contribution in [2.24, 2.45) is 5.73 Å². The standard InChI is InChI=1S/C10H13ClFNO/c11-8-4-3-5-9(12)10(8)14-7-2-1-6-13/h3-5H,1-2,6-7,13H2. The monoisotopic (exact) mass is 217 g/mol. The largest absolute Gasteiger partial charge is 0.489 e. The first-order valence-electron chi connectivity index (χ1n) is 4.52. The number of hydrogen-bond acceptors (Lipinski definition) is 2. The number of unbranched alkanes of at least 4 members (excludes halogenated alkanes) is 1. The molecular formula is C10H13ClFNO. The highest BCUT2D eigenvalue weighted by atomic mass is 35.5. The molecule has 1 aromatic rings. The Morgan fingerprint density at radius 3 is 2.79 bits per heavy atom. The molecule has 0 bridgehead atoms. The number of ether oxygens (including phenoxy) is 1. The summed E-state index contributed by atoms with van der Waals surface area (Å²) in [5.74, 6) is -0.295. The van der Waals surface area contributed by atoms with Gasteiger partial charge >= 0.3 is 0 Å². The number of halogens is 2. The van der Waals surface area contributed by atoms with Crippen molar-refractivity contribution < 1.29 is 9.13 Å². The molecule has 2 N–H and O–H groups in total. The van der Waals surface area contributed by atoms with E-state index in [9.17, 15) is 4.39 Å². The van der Waals surface area contributed by atoms with Crippen LogP contribution in [0.3, 0.4) is 0 Å². The van der Waals surface area contributed by atoms with Crippen LogP contribution in [0.2, 0.25) is 5.02 Å². The molecule has 0 aliphatic rings. The van der Waals surface area contributed by atoms with E-state index in [1.165, 1.54) is 6.07 Å². The van der Waals surface area contributed by atoms with Crippen LogP contribution < -0.4 is 10.5 Å². The average Bonchev–Trinajstić information content (AvgIpc) is 2.16. The zero-order valence-electron chi connectivity index (χ0n) is 7.80. The summed E-state index contributed by atoms with van der Waals surface area (Å²) in [5, 5.41) is 0.303. The van der Waals surface area contributed by atoms with Gasteiger partial charge in [-0.25, -0.2) is 4.39 Å². The van der Waals surface area contributed by atoms with Crippen molar-refractivity contribution in [3.63, 3.8) is 0 Å². The minimum atomic E-state index is -0.426. The van der Waals surface area contributed by atoms with E-state index >= 15 is 0 Å². The number of rotatable bonds is 5. The predicted octanol–water partition coefficient (Wildman–Crippen LogP) is 2.60. The minimum Gasteiger partial charge on any atom is -0.489 e. The van der Waals surface area contributed by atoms with Gasteiger partial charge in [0, 0.05) is 0 Å². The maximum absolute atomic E-state index is 13.1. The van der Waals surface area contributed by atoms with Gasteiger partial charge in [-0.2, -0.15) is 0 Å². The molecule has 1 aromatic carbocycles. The van der Waals surface area contributed by atoms with Gasteiger partial charge in [0.05, 0.1) is 11.6 Å². The molecule has 14 heavy (non-hydrogen) atoms. The maximum atomic E-state index is 13.1. The Morgan fingerprint density at radius 2 is 2.14 bits per heavy atom. The smallest absolute Gasteiger partial charge is 0.173 e. The molecule has 0 unspecified atom stereocenters. The Balaban J connectivity index is 2.49. The fourth-order valence-corrected chi connectivity index (χ4v) is 1.26. The van der Waals surface area contributed by atoms with Gasteiger partial charge in [-0.3, -0.25) is 0 Å². The first-order valence-corrected chi connectivity index (χ1v) is 4.90. The zero-order valence-corrected chi connectivity index (χ0v) is 8.56. The number of para-hydroxylation sites is 1. The molecule has 0 saturated carbocycles. The first-order chi connectivity index (χ1) is 6.75. The van der Waals surface area contributed by atoms with E-state index in [4.69, 9.17) is 22.1 Å². The quantitative estimate of drug-likeness (QED) is 0.770. The molecule has 0 aliphatic heterocycles. The third-order valence-corrected chi connectivity index (χ3v) is 2.06. The van der Waals surface area contributed by atoms with Crippen molar-refractivity contribution in [1.29, 1.82) is 0 Å². The lowest BCUT2D eigenvalue weighted by Crippen LogP contribution is -2.04. The molecule has 0 aliphatic carbocycles. The molecule has 0 radical (unpaired) electrons. The van der Waals surface area contributed by atoms with E-state index in [1.807, 2.05) is 0 Å². The molecule has 0 saturated heterocycles. The van der Waals surface area contributed by atoms with Crippen molar-refractivity contribution >= 4 is 11.6 Å². The molecule has 0 amide bonds. The van der Waals surface area contributed by atoms with Crippen molar-refractivity contribution in [1.82, 2.24) is 0 Å². The molecule has 0 aromatic heterocycles. The molecular weight excluding hydrogens is 205 g/mol. The van der Waals surface area contributed by atoms with Gasteiger partial charge in [-0.05, 0) is 31.5 Å². The molecule has 0 heterocycles. The second kappa shape index (κ2) is 5.83. The summed E-state index contributed by atoms with van der Waals surface area (Å²) in [6.07, 6.45) is 1.67. The number of hydrogen-bond donors (Lipinski definition) is 1. The summed E-state index contributed by atoms with van der Waals surface area (Å²) < 4.78 is 18.3. The van der Waals surface area contributed by atoms with Crippen LogP contribution in [0, 0.1) is 5.82 Å². The fraction of sp³-hybridized carbons (Fsp3) is 0.400. The highest BCUT2D eigenvalue weighted by Gasteiger charge is 2.06.